The van der Waals surface area contributed by atoms with Crippen molar-refractivity contribution in [3.05, 3.63) is 0 Å². The Balaban J connectivity index is 2.24. The van der Waals surface area contributed by atoms with Gasteiger partial charge in [-0.05, 0) is 74.9 Å². The smallest absolute Gasteiger partial charge is 0.324 e. The molecule has 0 aromatic rings. The number of rotatable bonds is 7. The quantitative estimate of drug-likeness (QED) is 0.162. The Morgan fingerprint density at radius 1 is 0.904 bits per heavy atom. The van der Waals surface area contributed by atoms with Crippen LogP contribution in [-0.2, 0) is 38.0 Å². The molecule has 3 fully saturated rings. The SMILES string of the molecule is CC[C@H]1OC(=O)[C@@](C)(S)[C@@H](OC2C[C@@](C)(OC)[C@@H](O)[C@H](C)O2)[C@H](C)[C@@H](OC2O[C@@H](C)C[C@@H](N(C)C)[C@@H]2O)[C@](C)(O)C[C@@H](C)C(=O)[C@H](C)[C@@H](O)[C@]1(C)O. The molecule has 0 spiro atoms. The average Bonchev–Trinajstić information content (AvgIpc) is 3.05. The summed E-state index contributed by atoms with van der Waals surface area (Å²) in [6.45, 7) is 16.0. The molecular formula is C37H67NO13S. The Kier molecular flexibility index (Phi) is 14.9. The van der Waals surface area contributed by atoms with E-state index in [2.05, 4.69) is 0 Å². The van der Waals surface area contributed by atoms with E-state index in [0.717, 1.165) is 0 Å². The lowest BCUT2D eigenvalue weighted by atomic mass is 9.74. The molecule has 304 valence electrons. The number of nitrogens with zero attached hydrogens (tertiary/aromatic N) is 1. The number of ketones is 1. The Bertz CT molecular complexity index is 1220. The number of Topliss-reactive ketones (excluding diaryl/α,β-unsaturated/α-hetero) is 1. The summed E-state index contributed by atoms with van der Waals surface area (Å²) < 4.78 is 35.3. The Morgan fingerprint density at radius 3 is 2.04 bits per heavy atom. The van der Waals surface area contributed by atoms with E-state index in [1.807, 2.05) is 25.9 Å². The van der Waals surface area contributed by atoms with E-state index in [1.165, 1.54) is 34.8 Å². The highest BCUT2D eigenvalue weighted by Crippen LogP contribution is 2.43. The second kappa shape index (κ2) is 17.0. The van der Waals surface area contributed by atoms with Crippen LogP contribution in [0, 0.1) is 17.8 Å². The summed E-state index contributed by atoms with van der Waals surface area (Å²) in [4.78, 5) is 30.0. The highest BCUT2D eigenvalue weighted by molar-refractivity contribution is 7.82. The van der Waals surface area contributed by atoms with Crippen LogP contribution >= 0.6 is 12.6 Å². The first kappa shape index (κ1) is 45.4. The number of aliphatic hydroxyl groups excluding tert-OH is 3. The van der Waals surface area contributed by atoms with E-state index in [9.17, 15) is 35.1 Å². The zero-order chi connectivity index (χ0) is 39.9. The van der Waals surface area contributed by atoms with E-state index in [1.54, 1.807) is 34.6 Å². The molecule has 3 aliphatic heterocycles. The first-order chi connectivity index (χ1) is 23.8. The van der Waals surface area contributed by atoms with E-state index in [4.69, 9.17) is 41.0 Å². The number of hydrogen-bond acceptors (Lipinski definition) is 15. The molecule has 0 amide bonds. The van der Waals surface area contributed by atoms with E-state index in [-0.39, 0.29) is 31.4 Å². The van der Waals surface area contributed by atoms with Crippen LogP contribution in [0.3, 0.4) is 0 Å². The zero-order valence-corrected chi connectivity index (χ0v) is 34.2. The number of thiol groups is 1. The van der Waals surface area contributed by atoms with Gasteiger partial charge in [0, 0.05) is 37.3 Å². The fourth-order valence-electron chi connectivity index (χ4n) is 8.44. The maximum atomic E-state index is 14.3. The highest BCUT2D eigenvalue weighted by Gasteiger charge is 2.56. The molecule has 0 bridgehead atoms. The van der Waals surface area contributed by atoms with Crippen molar-refractivity contribution in [2.24, 2.45) is 17.8 Å². The average molecular weight is 766 g/mol. The van der Waals surface area contributed by atoms with Gasteiger partial charge in [-0.3, -0.25) is 9.59 Å². The Labute approximate surface area is 315 Å². The number of methoxy groups -OCH3 is 1. The second-order valence-electron chi connectivity index (χ2n) is 16.8. The molecule has 3 aliphatic rings. The van der Waals surface area contributed by atoms with Gasteiger partial charge in [-0.15, -0.1) is 0 Å². The molecule has 3 saturated heterocycles. The van der Waals surface area contributed by atoms with Crippen LogP contribution < -0.4 is 0 Å². The third-order valence-corrected chi connectivity index (χ3v) is 12.3. The van der Waals surface area contributed by atoms with Crippen molar-refractivity contribution >= 4 is 24.4 Å². The summed E-state index contributed by atoms with van der Waals surface area (Å²) >= 11 is 4.87. The molecule has 18 atom stereocenters. The number of carbonyl (C=O) groups excluding carboxylic acids is 2. The Morgan fingerprint density at radius 2 is 1.50 bits per heavy atom. The normalized spacial score (nSPS) is 50.5. The molecule has 52 heavy (non-hydrogen) atoms. The number of hydrogen-bond donors (Lipinski definition) is 6. The minimum Gasteiger partial charge on any atom is -0.458 e. The zero-order valence-electron chi connectivity index (χ0n) is 33.3. The summed E-state index contributed by atoms with van der Waals surface area (Å²) in [6.07, 6.45) is -10.4. The number of esters is 1. The molecule has 0 aliphatic carbocycles. The van der Waals surface area contributed by atoms with Crippen LogP contribution in [0.4, 0.5) is 0 Å². The van der Waals surface area contributed by atoms with Gasteiger partial charge in [0.15, 0.2) is 12.6 Å². The van der Waals surface area contributed by atoms with Crippen molar-refractivity contribution < 1.29 is 63.5 Å². The molecule has 0 saturated carbocycles. The molecule has 2 unspecified atom stereocenters. The number of aliphatic hydroxyl groups is 5. The summed E-state index contributed by atoms with van der Waals surface area (Å²) in [5.41, 5.74) is -4.98. The third-order valence-electron chi connectivity index (χ3n) is 11.9. The first-order valence-corrected chi connectivity index (χ1v) is 19.0. The van der Waals surface area contributed by atoms with Crippen molar-refractivity contribution in [2.75, 3.05) is 21.2 Å². The summed E-state index contributed by atoms with van der Waals surface area (Å²) in [5, 5.41) is 57.8. The lowest BCUT2D eigenvalue weighted by Gasteiger charge is -2.50. The number of likely N-dealkylation sites (N-methyl/N-ethyl adjacent to an activating group) is 1. The number of carbonyl (C=O) groups is 2. The van der Waals surface area contributed by atoms with Crippen molar-refractivity contribution in [2.45, 2.75) is 184 Å². The van der Waals surface area contributed by atoms with Gasteiger partial charge in [0.2, 0.25) is 0 Å². The molecule has 15 heteroatoms. The van der Waals surface area contributed by atoms with Gasteiger partial charge in [-0.2, -0.15) is 12.6 Å². The maximum Gasteiger partial charge on any atom is 0.324 e. The molecular weight excluding hydrogens is 698 g/mol. The molecule has 5 N–H and O–H groups in total. The predicted octanol–water partition coefficient (Wildman–Crippen LogP) is 1.84. The topological polar surface area (TPSA) is 194 Å². The van der Waals surface area contributed by atoms with E-state index >= 15 is 0 Å². The van der Waals surface area contributed by atoms with Gasteiger partial charge in [0.25, 0.3) is 0 Å². The first-order valence-electron chi connectivity index (χ1n) is 18.6. The molecule has 3 heterocycles. The van der Waals surface area contributed by atoms with Crippen LogP contribution in [0.1, 0.15) is 94.9 Å². The van der Waals surface area contributed by atoms with Crippen molar-refractivity contribution in [3.63, 3.8) is 0 Å². The van der Waals surface area contributed by atoms with Crippen molar-refractivity contribution in [1.82, 2.24) is 4.90 Å². The monoisotopic (exact) mass is 765 g/mol. The highest BCUT2D eigenvalue weighted by atomic mass is 32.1. The number of ether oxygens (including phenoxy) is 6. The minimum absolute atomic E-state index is 0.0490. The van der Waals surface area contributed by atoms with Gasteiger partial charge in [0.05, 0.1) is 41.7 Å². The number of cyclic esters (lactones) is 1. The van der Waals surface area contributed by atoms with Crippen molar-refractivity contribution in [3.8, 4) is 0 Å². The van der Waals surface area contributed by atoms with Crippen LogP contribution in [0.25, 0.3) is 0 Å². The third kappa shape index (κ3) is 9.35. The van der Waals surface area contributed by atoms with Crippen molar-refractivity contribution in [1.29, 1.82) is 0 Å². The summed E-state index contributed by atoms with van der Waals surface area (Å²) in [7, 11) is 5.14. The Hall–Kier alpha value is -0.950. The molecule has 0 aromatic heterocycles. The van der Waals surface area contributed by atoms with Crippen LogP contribution in [0.2, 0.25) is 0 Å². The maximum absolute atomic E-state index is 14.3. The predicted molar refractivity (Wildman–Crippen MR) is 194 cm³/mol. The molecule has 0 radical (unpaired) electrons. The lowest BCUT2D eigenvalue weighted by molar-refractivity contribution is -0.316. The standard InChI is InChI=1S/C37H67NO13S/c1-14-24-36(9,45)28(41)20(4)26(39)18(2)16-34(7,44)30(51-32-27(40)23(38(11)12)15-19(3)47-32)21(5)31(37(10,52)33(43)49-24)50-25-17-35(8,46-13)29(42)22(6)48-25/h18-25,27-32,40-42,44-45,52H,14-17H2,1-13H3/t18-,19+,20+,21-,22+,23-,24-,25?,27+,28-,29+,30-,31+,32?,34-,35-,36-,37+/m1/s1. The van der Waals surface area contributed by atoms with Crippen LogP contribution in [0.5, 0.6) is 0 Å². The van der Waals surface area contributed by atoms with Gasteiger partial charge in [-0.25, -0.2) is 0 Å². The molecule has 14 nitrogen and oxygen atoms in total. The fraction of sp³-hybridized carbons (Fsp3) is 0.946. The van der Waals surface area contributed by atoms with Crippen LogP contribution in [0.15, 0.2) is 0 Å². The van der Waals surface area contributed by atoms with Gasteiger partial charge < -0.3 is 58.9 Å². The minimum atomic E-state index is -2.05. The van der Waals surface area contributed by atoms with E-state index < -0.39 is 106 Å². The largest absolute Gasteiger partial charge is 0.458 e. The van der Waals surface area contributed by atoms with Crippen LogP contribution in [-0.4, -0.2) is 152 Å². The van der Waals surface area contributed by atoms with Gasteiger partial charge >= 0.3 is 5.97 Å². The summed E-state index contributed by atoms with van der Waals surface area (Å²) in [6, 6.07) is -0.346. The fourth-order valence-corrected chi connectivity index (χ4v) is 8.79. The molecule has 3 rings (SSSR count). The van der Waals surface area contributed by atoms with Gasteiger partial charge in [-0.1, -0.05) is 27.7 Å². The molecule has 0 aromatic carbocycles. The summed E-state index contributed by atoms with van der Waals surface area (Å²) in [5.74, 6) is -4.25. The second-order valence-corrected chi connectivity index (χ2v) is 17.7. The van der Waals surface area contributed by atoms with Gasteiger partial charge in [0.1, 0.15) is 34.4 Å². The van der Waals surface area contributed by atoms with E-state index in [0.29, 0.717) is 6.42 Å². The lowest BCUT2D eigenvalue weighted by Crippen LogP contribution is -2.63.